The van der Waals surface area contributed by atoms with Crippen molar-refractivity contribution in [2.75, 3.05) is 0 Å². The average Bonchev–Trinajstić information content (AvgIpc) is 3.50. The molecule has 0 saturated carbocycles. The molecule has 6 rings (SSSR count). The van der Waals surface area contributed by atoms with E-state index in [2.05, 4.69) is 20.4 Å². The minimum Gasteiger partial charge on any atom is -0.267 e. The van der Waals surface area contributed by atoms with E-state index in [0.29, 0.717) is 22.7 Å². The molecule has 2 aromatic heterocycles. The zero-order valence-electron chi connectivity index (χ0n) is 17.5. The molecule has 2 aliphatic heterocycles. The van der Waals surface area contributed by atoms with Crippen LogP contribution in [-0.2, 0) is 0 Å². The fraction of sp³-hybridized carbons (Fsp3) is 0. The first-order valence-corrected chi connectivity index (χ1v) is 11.3. The first kappa shape index (κ1) is 19.9. The Balaban J connectivity index is 1.54. The molecule has 0 atom stereocenters. The Labute approximate surface area is 195 Å². The van der Waals surface area contributed by atoms with E-state index in [-0.39, 0.29) is 10.9 Å². The van der Waals surface area contributed by atoms with Crippen molar-refractivity contribution in [1.29, 1.82) is 0 Å². The highest BCUT2D eigenvalue weighted by atomic mass is 32.1. The number of nitrogens with zero attached hydrogens (tertiary/aromatic N) is 5. The van der Waals surface area contributed by atoms with Crippen LogP contribution in [-0.4, -0.2) is 30.2 Å². The molecule has 0 unspecified atom stereocenters. The van der Waals surface area contributed by atoms with Crippen LogP contribution in [0.25, 0.3) is 45.0 Å². The Morgan fingerprint density at radius 3 is 2.53 bits per heavy atom. The minimum absolute atomic E-state index is 0.257. The molecule has 4 heterocycles. The molecule has 4 aromatic rings. The van der Waals surface area contributed by atoms with Gasteiger partial charge >= 0.3 is 5.82 Å². The van der Waals surface area contributed by atoms with Crippen molar-refractivity contribution in [3.05, 3.63) is 104 Å². The van der Waals surface area contributed by atoms with Gasteiger partial charge in [-0.3, -0.25) is 19.8 Å². The number of tetrazole rings is 1. The number of hydrogen-bond donors (Lipinski definition) is 2. The number of rotatable bonds is 4. The van der Waals surface area contributed by atoms with Gasteiger partial charge in [-0.2, -0.15) is 0 Å². The molecule has 164 valence electrons. The van der Waals surface area contributed by atoms with E-state index in [0.717, 1.165) is 16.1 Å². The van der Waals surface area contributed by atoms with Crippen LogP contribution in [0.3, 0.4) is 0 Å². The van der Waals surface area contributed by atoms with Crippen molar-refractivity contribution < 1.29 is 4.80 Å². The topological polar surface area (TPSA) is 113 Å². The SMILES string of the molecule is O=c1[nH][nH]c(=O)c2cc(-n3nc(/C=C/c4ccccc4)n[n+]3-c3cc4cccsc-4n3)ccc12. The summed E-state index contributed by atoms with van der Waals surface area (Å²) in [6, 6.07) is 20.7. The van der Waals surface area contributed by atoms with Crippen molar-refractivity contribution in [3.63, 3.8) is 0 Å². The normalized spacial score (nSPS) is 11.6. The van der Waals surface area contributed by atoms with Crippen LogP contribution in [0.5, 0.6) is 0 Å². The van der Waals surface area contributed by atoms with E-state index < -0.39 is 5.56 Å². The van der Waals surface area contributed by atoms with Gasteiger partial charge in [-0.05, 0) is 56.0 Å². The number of fused-ring (bicyclic) bond motifs is 2. The Morgan fingerprint density at radius 2 is 1.71 bits per heavy atom. The highest BCUT2D eigenvalue weighted by Crippen LogP contribution is 2.26. The maximum atomic E-state index is 12.4. The van der Waals surface area contributed by atoms with Crippen molar-refractivity contribution in [3.8, 4) is 22.1 Å². The summed E-state index contributed by atoms with van der Waals surface area (Å²) in [6.45, 7) is 0. The molecule has 2 N–H and O–H groups in total. The summed E-state index contributed by atoms with van der Waals surface area (Å²) in [5.41, 5.74) is 1.80. The number of aromatic amines is 2. The largest absolute Gasteiger partial charge is 0.308 e. The van der Waals surface area contributed by atoms with E-state index in [9.17, 15) is 9.59 Å². The lowest BCUT2D eigenvalue weighted by atomic mass is 10.2. The number of hydrogen-bond acceptors (Lipinski definition) is 6. The molecular weight excluding hydrogens is 450 g/mol. The van der Waals surface area contributed by atoms with Gasteiger partial charge in [0.1, 0.15) is 5.69 Å². The van der Waals surface area contributed by atoms with E-state index in [4.69, 9.17) is 4.98 Å². The van der Waals surface area contributed by atoms with Crippen LogP contribution in [0, 0.1) is 0 Å². The third kappa shape index (κ3) is 3.51. The Bertz CT molecular complexity index is 1730. The number of aromatic nitrogens is 7. The van der Waals surface area contributed by atoms with Gasteiger partial charge in [0.05, 0.1) is 10.8 Å². The van der Waals surface area contributed by atoms with Crippen LogP contribution in [0.4, 0.5) is 0 Å². The summed E-state index contributed by atoms with van der Waals surface area (Å²) >= 11 is 1.53. The molecule has 0 aliphatic carbocycles. The summed E-state index contributed by atoms with van der Waals surface area (Å²) in [5, 5.41) is 17.4. The molecule has 0 radical (unpaired) electrons. The summed E-state index contributed by atoms with van der Waals surface area (Å²) < 4.78 is 0. The number of nitrogens with one attached hydrogen (secondary N) is 2. The van der Waals surface area contributed by atoms with Crippen LogP contribution in [0.15, 0.2) is 81.7 Å². The van der Waals surface area contributed by atoms with Crippen LogP contribution < -0.4 is 15.9 Å². The zero-order chi connectivity index (χ0) is 23.1. The number of benzene rings is 2. The van der Waals surface area contributed by atoms with Crippen molar-refractivity contribution in [2.24, 2.45) is 0 Å². The first-order chi connectivity index (χ1) is 16.7. The third-order valence-corrected chi connectivity index (χ3v) is 6.14. The third-order valence-electron chi connectivity index (χ3n) is 5.30. The molecule has 2 aliphatic rings. The van der Waals surface area contributed by atoms with Crippen LogP contribution in [0.2, 0.25) is 0 Å². The fourth-order valence-corrected chi connectivity index (χ4v) is 4.37. The molecule has 10 heteroatoms. The van der Waals surface area contributed by atoms with Crippen molar-refractivity contribution >= 4 is 34.3 Å². The predicted molar refractivity (Wildman–Crippen MR) is 129 cm³/mol. The smallest absolute Gasteiger partial charge is 0.267 e. The van der Waals surface area contributed by atoms with Gasteiger partial charge in [-0.1, -0.05) is 41.4 Å². The monoisotopic (exact) mass is 466 g/mol. The standard InChI is InChI=1S/C24H15N7O2S/c32-22-18-10-9-17(14-19(18)23(33)27-26-22)30-28-20(11-8-15-5-2-1-3-6-15)29-31(30)21-13-16-7-4-12-34-24(16)25-21/h1-14H,(H,28,29)/p+1/b11-8+. The zero-order valence-corrected chi connectivity index (χ0v) is 18.4. The summed E-state index contributed by atoms with van der Waals surface area (Å²) in [4.78, 5) is 32.3. The van der Waals surface area contributed by atoms with Gasteiger partial charge in [-0.15, -0.1) is 11.3 Å². The van der Waals surface area contributed by atoms with Gasteiger partial charge in [0, 0.05) is 22.8 Å². The van der Waals surface area contributed by atoms with Gasteiger partial charge in [0.15, 0.2) is 5.01 Å². The molecule has 0 amide bonds. The lowest BCUT2D eigenvalue weighted by molar-refractivity contribution is -0.737. The summed E-state index contributed by atoms with van der Waals surface area (Å²) in [6.07, 6.45) is 3.73. The maximum Gasteiger partial charge on any atom is 0.308 e. The maximum absolute atomic E-state index is 12.4. The van der Waals surface area contributed by atoms with Crippen molar-refractivity contribution in [2.45, 2.75) is 0 Å². The number of H-pyrrole nitrogens is 2. The van der Waals surface area contributed by atoms with Crippen molar-refractivity contribution in [1.82, 2.24) is 30.2 Å². The van der Waals surface area contributed by atoms with Gasteiger partial charge < -0.3 is 0 Å². The Kier molecular flexibility index (Phi) is 4.70. The fourth-order valence-electron chi connectivity index (χ4n) is 3.67. The molecule has 0 bridgehead atoms. The molecule has 34 heavy (non-hydrogen) atoms. The molecule has 2 aromatic carbocycles. The Morgan fingerprint density at radius 1 is 0.882 bits per heavy atom. The molecular formula is C24H16N7O2S+. The van der Waals surface area contributed by atoms with E-state index in [1.807, 2.05) is 66.1 Å². The van der Waals surface area contributed by atoms with E-state index in [1.54, 1.807) is 27.8 Å². The average molecular weight is 467 g/mol. The summed E-state index contributed by atoms with van der Waals surface area (Å²) in [5.74, 6) is 1.05. The highest BCUT2D eigenvalue weighted by molar-refractivity contribution is 7.12. The lowest BCUT2D eigenvalue weighted by Gasteiger charge is -2.01. The van der Waals surface area contributed by atoms with E-state index >= 15 is 0 Å². The van der Waals surface area contributed by atoms with Gasteiger partial charge in [0.25, 0.3) is 16.9 Å². The molecule has 0 spiro atoms. The molecule has 0 saturated heterocycles. The van der Waals surface area contributed by atoms with Gasteiger partial charge in [0.2, 0.25) is 0 Å². The quantitative estimate of drug-likeness (QED) is 0.388. The second-order valence-electron chi connectivity index (χ2n) is 7.51. The second kappa shape index (κ2) is 8.01. The predicted octanol–water partition coefficient (Wildman–Crippen LogP) is 2.81. The molecule has 0 fully saturated rings. The first-order valence-electron chi connectivity index (χ1n) is 10.4. The van der Waals surface area contributed by atoms with Crippen LogP contribution in [0.1, 0.15) is 11.4 Å². The highest BCUT2D eigenvalue weighted by Gasteiger charge is 2.24. The lowest BCUT2D eigenvalue weighted by Crippen LogP contribution is -2.43. The minimum atomic E-state index is -0.397. The second-order valence-corrected chi connectivity index (χ2v) is 8.40. The molecule has 9 nitrogen and oxygen atoms in total. The summed E-state index contributed by atoms with van der Waals surface area (Å²) in [7, 11) is 0. The van der Waals surface area contributed by atoms with E-state index in [1.165, 1.54) is 11.3 Å². The van der Waals surface area contributed by atoms with Crippen LogP contribution >= 0.6 is 11.3 Å². The van der Waals surface area contributed by atoms with Gasteiger partial charge in [-0.25, -0.2) is 0 Å². The Hall–Kier alpha value is -4.70.